The summed E-state index contributed by atoms with van der Waals surface area (Å²) >= 11 is 3.45. The molecule has 9 heavy (non-hydrogen) atoms. The normalized spacial score (nSPS) is 10.6. The van der Waals surface area contributed by atoms with Gasteiger partial charge in [0.15, 0.2) is 0 Å². The third-order valence-corrected chi connectivity index (χ3v) is 3.69. The van der Waals surface area contributed by atoms with Crippen molar-refractivity contribution in [2.45, 2.75) is 0 Å². The Morgan fingerprint density at radius 2 is 2.56 bits per heavy atom. The quantitative estimate of drug-likeness (QED) is 0.578. The van der Waals surface area contributed by atoms with E-state index in [0.29, 0.717) is 0 Å². The average Bonchev–Trinajstić information content (AvgIpc) is 2.37. The summed E-state index contributed by atoms with van der Waals surface area (Å²) in [7, 11) is 0. The third-order valence-electron chi connectivity index (χ3n) is 0.789. The number of nitriles is 1. The predicted molar refractivity (Wildman–Crippen MR) is 35.3 cm³/mol. The second-order valence-corrected chi connectivity index (χ2v) is 4.43. The molecule has 1 nitrogen and oxygen atoms in total. The first-order valence-corrected chi connectivity index (χ1v) is 4.98. The van der Waals surface area contributed by atoms with Crippen LogP contribution in [0, 0.1) is 10.2 Å². The minimum atomic E-state index is -0.124. The van der Waals surface area contributed by atoms with E-state index < -0.39 is 0 Å². The van der Waals surface area contributed by atoms with Gasteiger partial charge in [-0.3, -0.25) is 0 Å². The molecule has 0 atom stereocenters. The van der Waals surface area contributed by atoms with Crippen LogP contribution < -0.4 is 3.78 Å². The van der Waals surface area contributed by atoms with Crippen molar-refractivity contribution in [1.82, 2.24) is 0 Å². The summed E-state index contributed by atoms with van der Waals surface area (Å²) in [6.07, 6.45) is 0. The third kappa shape index (κ3) is 1.87. The van der Waals surface area contributed by atoms with Gasteiger partial charge in [-0.2, -0.15) is 0 Å². The number of rotatable bonds is 1. The van der Waals surface area contributed by atoms with E-state index in [1.165, 1.54) is 3.78 Å². The fourth-order valence-corrected chi connectivity index (χ4v) is 2.18. The monoisotopic (exact) mass is 179 g/mol. The Bertz CT molecular complexity index is 215. The molecule has 0 aliphatic heterocycles. The summed E-state index contributed by atoms with van der Waals surface area (Å²) in [5.74, 6) is 0. The van der Waals surface area contributed by atoms with Crippen LogP contribution in [-0.4, -0.2) is 15.8 Å². The Hall–Kier alpha value is 0.307. The zero-order chi connectivity index (χ0) is 6.69. The molecule has 1 aromatic heterocycles. The second kappa shape index (κ2) is 3.47. The van der Waals surface area contributed by atoms with Gasteiger partial charge in [-0.15, -0.1) is 0 Å². The molecular formula is C5H3CuLiNS. The maximum atomic E-state index is 8.47. The Balaban J connectivity index is 2.80. The Kier molecular flexibility index (Phi) is 2.86. The van der Waals surface area contributed by atoms with Crippen LogP contribution >= 0.6 is 11.3 Å². The van der Waals surface area contributed by atoms with E-state index in [1.54, 1.807) is 11.3 Å². The summed E-state index contributed by atoms with van der Waals surface area (Å²) in [5, 5.41) is 10.5. The molecule has 1 aromatic rings. The molecule has 0 aliphatic carbocycles. The fraction of sp³-hybridized carbons (Fsp3) is 0. The molecule has 0 bridgehead atoms. The van der Waals surface area contributed by atoms with Crippen molar-refractivity contribution < 1.29 is 11.7 Å². The van der Waals surface area contributed by atoms with E-state index in [4.69, 9.17) is 5.26 Å². The second-order valence-electron chi connectivity index (χ2n) is 1.32. The summed E-state index contributed by atoms with van der Waals surface area (Å²) in [6.45, 7) is 0. The Labute approximate surface area is 70.1 Å². The molecule has 0 radical (unpaired) electrons. The van der Waals surface area contributed by atoms with Crippen LogP contribution in [0.1, 0.15) is 0 Å². The van der Waals surface area contributed by atoms with Crippen molar-refractivity contribution in [2.24, 2.45) is 0 Å². The van der Waals surface area contributed by atoms with E-state index in [9.17, 15) is 0 Å². The topological polar surface area (TPSA) is 23.8 Å². The standard InChI is InChI=1S/C4H3S.CN.Cu.Li/c1-2-4-5-3-1;1-2;;/h1-3H;;;. The first kappa shape index (κ1) is 7.41. The van der Waals surface area contributed by atoms with Gasteiger partial charge in [0, 0.05) is 0 Å². The average molecular weight is 180 g/mol. The summed E-state index contributed by atoms with van der Waals surface area (Å²) in [6, 6.07) is 3.97. The van der Waals surface area contributed by atoms with Gasteiger partial charge < -0.3 is 0 Å². The molecule has 0 N–H and O–H groups in total. The van der Waals surface area contributed by atoms with Gasteiger partial charge in [-0.05, 0) is 0 Å². The zero-order valence-electron chi connectivity index (χ0n) is 4.89. The molecule has 4 heteroatoms. The van der Waals surface area contributed by atoms with E-state index in [1.807, 2.05) is 33.3 Å². The first-order valence-electron chi connectivity index (χ1n) is 2.22. The van der Waals surface area contributed by atoms with Crippen LogP contribution in [0.2, 0.25) is 0 Å². The molecule has 0 aliphatic rings. The van der Waals surface area contributed by atoms with Gasteiger partial charge in [0.2, 0.25) is 0 Å². The van der Waals surface area contributed by atoms with Crippen LogP contribution in [0.5, 0.6) is 0 Å². The molecule has 1 rings (SSSR count). The molecule has 0 fully saturated rings. The molecule has 46 valence electrons. The van der Waals surface area contributed by atoms with Crippen molar-refractivity contribution in [3.8, 4) is 4.97 Å². The van der Waals surface area contributed by atoms with Crippen LogP contribution in [-0.2, 0) is 11.7 Å². The van der Waals surface area contributed by atoms with Gasteiger partial charge in [0.25, 0.3) is 0 Å². The van der Waals surface area contributed by atoms with Gasteiger partial charge in [0.1, 0.15) is 0 Å². The summed E-state index contributed by atoms with van der Waals surface area (Å²) in [4.78, 5) is 2.20. The molecule has 0 spiro atoms. The zero-order valence-corrected chi connectivity index (χ0v) is 6.65. The van der Waals surface area contributed by atoms with Crippen molar-refractivity contribution in [3.05, 3.63) is 17.5 Å². The Morgan fingerprint density at radius 1 is 1.78 bits per heavy atom. The van der Waals surface area contributed by atoms with Crippen molar-refractivity contribution in [1.29, 1.82) is 5.26 Å². The molecule has 0 aromatic carbocycles. The van der Waals surface area contributed by atoms with Crippen LogP contribution in [0.3, 0.4) is 0 Å². The molecule has 0 unspecified atom stereocenters. The van der Waals surface area contributed by atoms with Gasteiger partial charge in [-0.1, -0.05) is 0 Å². The predicted octanol–water partition coefficient (Wildman–Crippen LogP) is 0.556. The Morgan fingerprint density at radius 3 is 3.00 bits per heavy atom. The maximum absolute atomic E-state index is 8.47. The van der Waals surface area contributed by atoms with Crippen LogP contribution in [0.15, 0.2) is 17.5 Å². The summed E-state index contributed by atoms with van der Waals surface area (Å²) < 4.78 is 1.17. The van der Waals surface area contributed by atoms with Crippen LogP contribution in [0.25, 0.3) is 0 Å². The van der Waals surface area contributed by atoms with Crippen molar-refractivity contribution in [3.63, 3.8) is 0 Å². The van der Waals surface area contributed by atoms with E-state index in [0.717, 1.165) is 0 Å². The van der Waals surface area contributed by atoms with Gasteiger partial charge >= 0.3 is 70.3 Å². The number of hydrogen-bond acceptors (Lipinski definition) is 2. The summed E-state index contributed by atoms with van der Waals surface area (Å²) in [5.41, 5.74) is 0. The SMILES string of the molecule is [Li][Cu]([C]#N)[c]1cccs1. The van der Waals surface area contributed by atoms with Gasteiger partial charge in [-0.25, -0.2) is 0 Å². The first-order chi connectivity index (χ1) is 4.34. The molecule has 0 saturated heterocycles. The number of nitrogens with zero attached hydrogens (tertiary/aromatic N) is 1. The number of hydrogen-bond donors (Lipinski definition) is 0. The molecular weight excluding hydrogens is 177 g/mol. The molecule has 0 saturated carbocycles. The van der Waals surface area contributed by atoms with Crippen molar-refractivity contribution in [2.75, 3.05) is 0 Å². The minimum absolute atomic E-state index is 0.124. The van der Waals surface area contributed by atoms with Crippen molar-refractivity contribution >= 4 is 30.9 Å². The van der Waals surface area contributed by atoms with E-state index in [-0.39, 0.29) is 11.7 Å². The van der Waals surface area contributed by atoms with Crippen LogP contribution in [0.4, 0.5) is 0 Å². The molecule has 1 heterocycles. The molecule has 0 amide bonds. The van der Waals surface area contributed by atoms with Gasteiger partial charge in [0.05, 0.1) is 0 Å². The van der Waals surface area contributed by atoms with E-state index >= 15 is 0 Å². The fourth-order valence-electron chi connectivity index (χ4n) is 0.408. The number of thiophene rings is 1. The van der Waals surface area contributed by atoms with E-state index in [2.05, 4.69) is 4.97 Å².